The van der Waals surface area contributed by atoms with E-state index in [0.717, 1.165) is 22.4 Å². The van der Waals surface area contributed by atoms with E-state index in [2.05, 4.69) is 29.2 Å². The molecule has 0 atom stereocenters. The number of pyridine rings is 1. The lowest BCUT2D eigenvalue weighted by Crippen LogP contribution is -1.88. The number of nitrogens with zero attached hydrogens (tertiary/aromatic N) is 1. The first-order valence-electron chi connectivity index (χ1n) is 8.08. The summed E-state index contributed by atoms with van der Waals surface area (Å²) in [4.78, 5) is 4.32. The molecule has 0 fully saturated rings. The molecule has 0 spiro atoms. The summed E-state index contributed by atoms with van der Waals surface area (Å²) in [6, 6.07) is 20.1. The van der Waals surface area contributed by atoms with Gasteiger partial charge in [0.2, 0.25) is 0 Å². The summed E-state index contributed by atoms with van der Waals surface area (Å²) in [5.41, 5.74) is 5.12. The molecule has 0 unspecified atom stereocenters. The maximum absolute atomic E-state index is 7.51. The van der Waals surface area contributed by atoms with Gasteiger partial charge >= 0.3 is 0 Å². The average molecular weight is 262 g/mol. The Morgan fingerprint density at radius 1 is 0.800 bits per heavy atom. The second kappa shape index (κ2) is 5.30. The summed E-state index contributed by atoms with van der Waals surface area (Å²) in [5, 5.41) is 0. The van der Waals surface area contributed by atoms with Gasteiger partial charge in [-0.2, -0.15) is 0 Å². The Morgan fingerprint density at radius 3 is 2.10 bits per heavy atom. The lowest BCUT2D eigenvalue weighted by Gasteiger charge is -2.06. The van der Waals surface area contributed by atoms with Crippen molar-refractivity contribution in [3.63, 3.8) is 0 Å². The van der Waals surface area contributed by atoms with Crippen LogP contribution in [-0.4, -0.2) is 4.98 Å². The molecule has 20 heavy (non-hydrogen) atoms. The highest BCUT2D eigenvalue weighted by molar-refractivity contribution is 5.69. The Bertz CT molecular complexity index is 806. The molecule has 0 saturated heterocycles. The zero-order valence-corrected chi connectivity index (χ0v) is 11.3. The standard InChI is InChI=1S/C19H17N/c1-14-12-19(20-13-15(14)2)18-10-8-17(9-11-18)16-6-4-3-5-7-16/h3-13H,1-2H3/i2D3. The molecule has 0 aliphatic carbocycles. The lowest BCUT2D eigenvalue weighted by atomic mass is 10.0. The highest BCUT2D eigenvalue weighted by atomic mass is 14.7. The van der Waals surface area contributed by atoms with Crippen LogP contribution in [0.2, 0.25) is 0 Å². The van der Waals surface area contributed by atoms with Gasteiger partial charge in [0.25, 0.3) is 0 Å². The number of hydrogen-bond donors (Lipinski definition) is 0. The van der Waals surface area contributed by atoms with E-state index in [-0.39, 0.29) is 0 Å². The first-order valence-corrected chi connectivity index (χ1v) is 6.58. The topological polar surface area (TPSA) is 12.9 Å². The summed E-state index contributed by atoms with van der Waals surface area (Å²) in [7, 11) is 0. The van der Waals surface area contributed by atoms with Crippen molar-refractivity contribution in [1.82, 2.24) is 4.98 Å². The fourth-order valence-corrected chi connectivity index (χ4v) is 2.18. The molecule has 0 aliphatic rings. The van der Waals surface area contributed by atoms with Gasteiger partial charge in [-0.25, -0.2) is 0 Å². The molecule has 3 rings (SSSR count). The van der Waals surface area contributed by atoms with Gasteiger partial charge in [0, 0.05) is 15.9 Å². The minimum atomic E-state index is -2.12. The van der Waals surface area contributed by atoms with Crippen LogP contribution < -0.4 is 0 Å². The summed E-state index contributed by atoms with van der Waals surface area (Å²) in [6.07, 6.45) is 1.46. The average Bonchev–Trinajstić information content (AvgIpc) is 2.54. The molecule has 0 amide bonds. The molecule has 1 nitrogen and oxygen atoms in total. The maximum Gasteiger partial charge on any atom is 0.0704 e. The first-order chi connectivity index (χ1) is 10.9. The van der Waals surface area contributed by atoms with E-state index in [0.29, 0.717) is 5.56 Å². The monoisotopic (exact) mass is 262 g/mol. The van der Waals surface area contributed by atoms with Gasteiger partial charge in [-0.15, -0.1) is 0 Å². The van der Waals surface area contributed by atoms with Crippen LogP contribution in [0.4, 0.5) is 0 Å². The van der Waals surface area contributed by atoms with Crippen LogP contribution in [-0.2, 0) is 0 Å². The van der Waals surface area contributed by atoms with Crippen LogP contribution in [0.5, 0.6) is 0 Å². The molecular weight excluding hydrogens is 242 g/mol. The second-order valence-electron chi connectivity index (χ2n) is 4.83. The van der Waals surface area contributed by atoms with Crippen LogP contribution in [0.1, 0.15) is 15.2 Å². The van der Waals surface area contributed by atoms with Crippen LogP contribution >= 0.6 is 0 Å². The lowest BCUT2D eigenvalue weighted by molar-refractivity contribution is 1.22. The van der Waals surface area contributed by atoms with Crippen molar-refractivity contribution in [1.29, 1.82) is 0 Å². The molecule has 98 valence electrons. The maximum atomic E-state index is 7.51. The molecule has 1 heterocycles. The fourth-order valence-electron chi connectivity index (χ4n) is 2.18. The summed E-state index contributed by atoms with van der Waals surface area (Å²) in [6.45, 7) is -0.308. The largest absolute Gasteiger partial charge is 0.256 e. The predicted octanol–water partition coefficient (Wildman–Crippen LogP) is 5.03. The summed E-state index contributed by atoms with van der Waals surface area (Å²) < 4.78 is 22.5. The highest BCUT2D eigenvalue weighted by Crippen LogP contribution is 2.24. The van der Waals surface area contributed by atoms with E-state index < -0.39 is 6.85 Å². The molecule has 1 aromatic heterocycles. The number of aromatic nitrogens is 1. The summed E-state index contributed by atoms with van der Waals surface area (Å²) in [5.74, 6) is 0. The predicted molar refractivity (Wildman–Crippen MR) is 84.6 cm³/mol. The van der Waals surface area contributed by atoms with Crippen molar-refractivity contribution in [2.45, 2.75) is 13.8 Å². The molecule has 3 aromatic rings. The van der Waals surface area contributed by atoms with E-state index in [9.17, 15) is 0 Å². The van der Waals surface area contributed by atoms with E-state index in [1.54, 1.807) is 0 Å². The molecule has 0 N–H and O–H groups in total. The number of hydrogen-bond acceptors (Lipinski definition) is 1. The SMILES string of the molecule is [2H]C([2H])([2H])c1cnc(-c2ccc(-c3ccccc3)cc2)cc1C. The van der Waals surface area contributed by atoms with Crippen molar-refractivity contribution in [2.75, 3.05) is 0 Å². The Kier molecular flexibility index (Phi) is 2.51. The van der Waals surface area contributed by atoms with Crippen LogP contribution in [0.25, 0.3) is 22.4 Å². The zero-order chi connectivity index (χ0) is 16.4. The number of aryl methyl sites for hydroxylation is 2. The van der Waals surface area contributed by atoms with Gasteiger partial charge in [-0.1, -0.05) is 54.6 Å². The van der Waals surface area contributed by atoms with Crippen molar-refractivity contribution in [3.05, 3.63) is 78.0 Å². The Morgan fingerprint density at radius 2 is 1.45 bits per heavy atom. The number of rotatable bonds is 2. The van der Waals surface area contributed by atoms with Gasteiger partial charge in [0.05, 0.1) is 5.69 Å². The van der Waals surface area contributed by atoms with E-state index in [1.807, 2.05) is 43.3 Å². The van der Waals surface area contributed by atoms with Crippen LogP contribution in [0.3, 0.4) is 0 Å². The van der Waals surface area contributed by atoms with Gasteiger partial charge in [-0.3, -0.25) is 4.98 Å². The Hall–Kier alpha value is -2.41. The van der Waals surface area contributed by atoms with E-state index in [1.165, 1.54) is 11.8 Å². The fraction of sp³-hybridized carbons (Fsp3) is 0.105. The normalized spacial score (nSPS) is 13.3. The minimum Gasteiger partial charge on any atom is -0.256 e. The van der Waals surface area contributed by atoms with Crippen molar-refractivity contribution >= 4 is 0 Å². The molecule has 0 radical (unpaired) electrons. The molecule has 0 saturated carbocycles. The molecule has 1 heteroatoms. The minimum absolute atomic E-state index is 0.308. The van der Waals surface area contributed by atoms with Crippen LogP contribution in [0.15, 0.2) is 66.9 Å². The third-order valence-corrected chi connectivity index (χ3v) is 3.40. The molecule has 0 aliphatic heterocycles. The third-order valence-electron chi connectivity index (χ3n) is 3.40. The first kappa shape index (κ1) is 9.49. The third kappa shape index (κ3) is 2.48. The smallest absolute Gasteiger partial charge is 0.0704 e. The Balaban J connectivity index is 1.93. The second-order valence-corrected chi connectivity index (χ2v) is 4.83. The molecule has 0 bridgehead atoms. The van der Waals surface area contributed by atoms with Crippen molar-refractivity contribution in [3.8, 4) is 22.4 Å². The van der Waals surface area contributed by atoms with Gasteiger partial charge in [0.1, 0.15) is 0 Å². The van der Waals surface area contributed by atoms with E-state index in [4.69, 9.17) is 4.11 Å². The quantitative estimate of drug-likeness (QED) is 0.631. The highest BCUT2D eigenvalue weighted by Gasteiger charge is 2.02. The zero-order valence-electron chi connectivity index (χ0n) is 14.3. The van der Waals surface area contributed by atoms with Gasteiger partial charge in [0.15, 0.2) is 0 Å². The summed E-state index contributed by atoms with van der Waals surface area (Å²) >= 11 is 0. The van der Waals surface area contributed by atoms with Crippen molar-refractivity contribution in [2.24, 2.45) is 0 Å². The number of benzene rings is 2. The molecular formula is C19H17N. The van der Waals surface area contributed by atoms with Gasteiger partial charge in [-0.05, 0) is 42.1 Å². The van der Waals surface area contributed by atoms with Gasteiger partial charge < -0.3 is 0 Å². The van der Waals surface area contributed by atoms with E-state index >= 15 is 0 Å². The molecule has 2 aromatic carbocycles. The van der Waals surface area contributed by atoms with Crippen molar-refractivity contribution < 1.29 is 4.11 Å². The van der Waals surface area contributed by atoms with Crippen LogP contribution in [0, 0.1) is 13.8 Å². The Labute approximate surface area is 124 Å².